The van der Waals surface area contributed by atoms with Gasteiger partial charge < -0.3 is 19.7 Å². The van der Waals surface area contributed by atoms with Gasteiger partial charge in [-0.25, -0.2) is 0 Å². The molecule has 138 valence electrons. The molecule has 0 radical (unpaired) electrons. The van der Waals surface area contributed by atoms with E-state index in [9.17, 15) is 15.0 Å². The summed E-state index contributed by atoms with van der Waals surface area (Å²) >= 11 is 0. The lowest BCUT2D eigenvalue weighted by Crippen LogP contribution is -2.22. The van der Waals surface area contributed by atoms with Gasteiger partial charge in [0.1, 0.15) is 34.7 Å². The van der Waals surface area contributed by atoms with Crippen LogP contribution in [0.3, 0.4) is 0 Å². The molecule has 0 amide bonds. The van der Waals surface area contributed by atoms with Gasteiger partial charge in [-0.15, -0.1) is 0 Å². The summed E-state index contributed by atoms with van der Waals surface area (Å²) in [7, 11) is 1.47. The number of aromatic hydroxyl groups is 2. The number of carbonyl (C=O) groups is 1. The Hall–Kier alpha value is -2.69. The number of methoxy groups -OCH3 is 1. The largest absolute Gasteiger partial charge is 0.508 e. The number of benzene rings is 2. The van der Waals surface area contributed by atoms with Crippen LogP contribution in [0, 0.1) is 5.92 Å². The standard InChI is InChI=1S/C21H24O5/c1-12(2)4-9-15-16(23)10-19(25-3)20-17(24)11-18(26-21(15)20)13-5-7-14(22)8-6-13/h5-8,10,12,18,22-23H,4,9,11H2,1-3H3. The first kappa shape index (κ1) is 18.1. The van der Waals surface area contributed by atoms with Crippen molar-refractivity contribution in [2.24, 2.45) is 5.92 Å². The van der Waals surface area contributed by atoms with Crippen molar-refractivity contribution in [1.82, 2.24) is 0 Å². The van der Waals surface area contributed by atoms with E-state index in [2.05, 4.69) is 13.8 Å². The molecule has 1 unspecified atom stereocenters. The number of phenolic OH excluding ortho intramolecular Hbond substituents is 2. The Morgan fingerprint density at radius 2 is 1.92 bits per heavy atom. The number of hydrogen-bond donors (Lipinski definition) is 2. The van der Waals surface area contributed by atoms with Crippen molar-refractivity contribution in [3.8, 4) is 23.0 Å². The maximum absolute atomic E-state index is 12.8. The molecular weight excluding hydrogens is 332 g/mol. The number of carbonyl (C=O) groups excluding carboxylic acids is 1. The zero-order valence-electron chi connectivity index (χ0n) is 15.3. The van der Waals surface area contributed by atoms with Crippen molar-refractivity contribution >= 4 is 5.78 Å². The molecule has 0 fully saturated rings. The van der Waals surface area contributed by atoms with E-state index in [4.69, 9.17) is 9.47 Å². The van der Waals surface area contributed by atoms with E-state index >= 15 is 0 Å². The highest BCUT2D eigenvalue weighted by molar-refractivity contribution is 6.03. The van der Waals surface area contributed by atoms with Crippen molar-refractivity contribution in [2.45, 2.75) is 39.2 Å². The minimum Gasteiger partial charge on any atom is -0.508 e. The molecule has 1 heterocycles. The number of ether oxygens (including phenoxy) is 2. The van der Waals surface area contributed by atoms with E-state index in [1.807, 2.05) is 0 Å². The van der Waals surface area contributed by atoms with Crippen molar-refractivity contribution in [3.63, 3.8) is 0 Å². The first-order valence-electron chi connectivity index (χ1n) is 8.82. The van der Waals surface area contributed by atoms with E-state index in [1.54, 1.807) is 24.3 Å². The van der Waals surface area contributed by atoms with Gasteiger partial charge in [0.2, 0.25) is 0 Å². The summed E-state index contributed by atoms with van der Waals surface area (Å²) in [4.78, 5) is 12.8. The predicted molar refractivity (Wildman–Crippen MR) is 98.2 cm³/mol. The fourth-order valence-corrected chi connectivity index (χ4v) is 3.22. The van der Waals surface area contributed by atoms with E-state index in [0.717, 1.165) is 12.0 Å². The Morgan fingerprint density at radius 1 is 1.23 bits per heavy atom. The van der Waals surface area contributed by atoms with E-state index in [1.165, 1.54) is 13.2 Å². The molecule has 2 aromatic rings. The van der Waals surface area contributed by atoms with E-state index in [0.29, 0.717) is 35.0 Å². The van der Waals surface area contributed by atoms with Crippen LogP contribution in [0.5, 0.6) is 23.0 Å². The van der Waals surface area contributed by atoms with Crippen LogP contribution in [0.4, 0.5) is 0 Å². The number of phenols is 2. The molecule has 1 atom stereocenters. The Labute approximate surface area is 153 Å². The second-order valence-electron chi connectivity index (χ2n) is 7.04. The Kier molecular flexibility index (Phi) is 5.07. The van der Waals surface area contributed by atoms with Crippen LogP contribution >= 0.6 is 0 Å². The van der Waals surface area contributed by atoms with Gasteiger partial charge in [-0.1, -0.05) is 26.0 Å². The van der Waals surface area contributed by atoms with Gasteiger partial charge in [0, 0.05) is 11.6 Å². The highest BCUT2D eigenvalue weighted by atomic mass is 16.5. The summed E-state index contributed by atoms with van der Waals surface area (Å²) in [6.45, 7) is 4.22. The average Bonchev–Trinajstić information content (AvgIpc) is 2.60. The average molecular weight is 356 g/mol. The first-order chi connectivity index (χ1) is 12.4. The molecular formula is C21H24O5. The third-order valence-corrected chi connectivity index (χ3v) is 4.69. The molecule has 1 aliphatic heterocycles. The van der Waals surface area contributed by atoms with Gasteiger partial charge in [-0.2, -0.15) is 0 Å². The third kappa shape index (κ3) is 3.47. The highest BCUT2D eigenvalue weighted by Gasteiger charge is 2.34. The maximum atomic E-state index is 12.8. The summed E-state index contributed by atoms with van der Waals surface area (Å²) in [5.74, 6) is 1.37. The molecule has 5 heteroatoms. The molecule has 5 nitrogen and oxygen atoms in total. The zero-order valence-corrected chi connectivity index (χ0v) is 15.3. The summed E-state index contributed by atoms with van der Waals surface area (Å²) < 4.78 is 11.5. The summed E-state index contributed by atoms with van der Waals surface area (Å²) in [6.07, 6.45) is 1.21. The minimum absolute atomic E-state index is 0.0769. The molecule has 0 aliphatic carbocycles. The molecule has 3 rings (SSSR count). The predicted octanol–water partition coefficient (Wildman–Crippen LogP) is 4.40. The SMILES string of the molecule is COc1cc(O)c(CCC(C)C)c2c1C(=O)CC(c1ccc(O)cc1)O2. The second-order valence-corrected chi connectivity index (χ2v) is 7.04. The highest BCUT2D eigenvalue weighted by Crippen LogP contribution is 2.46. The van der Waals surface area contributed by atoms with Gasteiger partial charge >= 0.3 is 0 Å². The molecule has 26 heavy (non-hydrogen) atoms. The molecule has 1 aliphatic rings. The van der Waals surface area contributed by atoms with Gasteiger partial charge in [0.25, 0.3) is 0 Å². The van der Waals surface area contributed by atoms with Gasteiger partial charge in [0.15, 0.2) is 5.78 Å². The molecule has 0 bridgehead atoms. The number of hydrogen-bond acceptors (Lipinski definition) is 5. The zero-order chi connectivity index (χ0) is 18.8. The first-order valence-corrected chi connectivity index (χ1v) is 8.82. The second kappa shape index (κ2) is 7.28. The molecule has 0 aromatic heterocycles. The van der Waals surface area contributed by atoms with Gasteiger partial charge in [-0.3, -0.25) is 4.79 Å². The summed E-state index contributed by atoms with van der Waals surface area (Å²) in [5, 5.41) is 19.9. The Bertz CT molecular complexity index is 808. The maximum Gasteiger partial charge on any atom is 0.174 e. The topological polar surface area (TPSA) is 76.0 Å². The van der Waals surface area contributed by atoms with Crippen molar-refractivity contribution in [3.05, 3.63) is 47.0 Å². The summed E-state index contributed by atoms with van der Waals surface area (Å²) in [5.41, 5.74) is 1.85. The van der Waals surface area contributed by atoms with Crippen LogP contribution < -0.4 is 9.47 Å². The summed E-state index contributed by atoms with van der Waals surface area (Å²) in [6, 6.07) is 8.12. The van der Waals surface area contributed by atoms with Crippen molar-refractivity contribution in [1.29, 1.82) is 0 Å². The van der Waals surface area contributed by atoms with Crippen LogP contribution in [0.2, 0.25) is 0 Å². The van der Waals surface area contributed by atoms with Crippen LogP contribution in [-0.2, 0) is 6.42 Å². The quantitative estimate of drug-likeness (QED) is 0.830. The van der Waals surface area contributed by atoms with E-state index in [-0.39, 0.29) is 23.7 Å². The molecule has 0 saturated carbocycles. The van der Waals surface area contributed by atoms with Crippen molar-refractivity contribution < 1.29 is 24.5 Å². The lowest BCUT2D eigenvalue weighted by Gasteiger charge is -2.29. The monoisotopic (exact) mass is 356 g/mol. The molecule has 2 N–H and O–H groups in total. The molecule has 0 spiro atoms. The van der Waals surface area contributed by atoms with Gasteiger partial charge in [0.05, 0.1) is 13.5 Å². The fourth-order valence-electron chi connectivity index (χ4n) is 3.22. The van der Waals surface area contributed by atoms with Crippen LogP contribution in [0.25, 0.3) is 0 Å². The number of ketones is 1. The molecule has 2 aromatic carbocycles. The van der Waals surface area contributed by atoms with Crippen LogP contribution in [-0.4, -0.2) is 23.1 Å². The van der Waals surface area contributed by atoms with Crippen LogP contribution in [0.15, 0.2) is 30.3 Å². The Morgan fingerprint density at radius 3 is 2.54 bits per heavy atom. The number of Topliss-reactive ketones (excluding diaryl/α,β-unsaturated/α-hetero) is 1. The minimum atomic E-state index is -0.458. The smallest absolute Gasteiger partial charge is 0.174 e. The van der Waals surface area contributed by atoms with Crippen molar-refractivity contribution in [2.75, 3.05) is 7.11 Å². The third-order valence-electron chi connectivity index (χ3n) is 4.69. The number of fused-ring (bicyclic) bond motifs is 1. The lowest BCUT2D eigenvalue weighted by molar-refractivity contribution is 0.0841. The number of rotatable bonds is 5. The van der Waals surface area contributed by atoms with Crippen LogP contribution in [0.1, 0.15) is 54.3 Å². The Balaban J connectivity index is 2.05. The fraction of sp³-hybridized carbons (Fsp3) is 0.381. The van der Waals surface area contributed by atoms with E-state index < -0.39 is 6.10 Å². The van der Waals surface area contributed by atoms with Gasteiger partial charge in [-0.05, 0) is 36.5 Å². The molecule has 0 saturated heterocycles. The lowest BCUT2D eigenvalue weighted by atomic mass is 9.91. The normalized spacial score (nSPS) is 16.3.